The highest BCUT2D eigenvalue weighted by atomic mass is 16.7. The van der Waals surface area contributed by atoms with Crippen LogP contribution >= 0.6 is 0 Å². The van der Waals surface area contributed by atoms with Crippen molar-refractivity contribution in [2.45, 2.75) is 58.8 Å². The van der Waals surface area contributed by atoms with Gasteiger partial charge in [-0.2, -0.15) is 5.26 Å². The number of nitriles is 1. The zero-order chi connectivity index (χ0) is 18.0. The number of rotatable bonds is 10. The van der Waals surface area contributed by atoms with Crippen LogP contribution in [0.5, 0.6) is 0 Å². The largest absolute Gasteiger partial charge is 0.459 e. The van der Waals surface area contributed by atoms with Crippen molar-refractivity contribution in [1.82, 2.24) is 4.90 Å². The minimum Gasteiger partial charge on any atom is -0.459 e. The van der Waals surface area contributed by atoms with Crippen LogP contribution in [0.3, 0.4) is 0 Å². The van der Waals surface area contributed by atoms with E-state index in [-0.39, 0.29) is 18.3 Å². The van der Waals surface area contributed by atoms with Gasteiger partial charge in [-0.3, -0.25) is 0 Å². The molecule has 1 unspecified atom stereocenters. The lowest BCUT2D eigenvalue weighted by molar-refractivity contribution is -0.155. The standard InChI is InChI=1S/C18H30N2O4/c1-5-9-20(10-6-2)11-7-8-15(12-19)17(21)22-13-16-14-23-18(3,4)24-16/h8,16H,5-7,9-11,13-14H2,1-4H3/b15-8+. The van der Waals surface area contributed by atoms with E-state index in [2.05, 4.69) is 18.7 Å². The van der Waals surface area contributed by atoms with Gasteiger partial charge in [0.1, 0.15) is 24.4 Å². The molecule has 0 aromatic rings. The van der Waals surface area contributed by atoms with Crippen LogP contribution in [0.1, 0.15) is 47.0 Å². The molecule has 1 heterocycles. The summed E-state index contributed by atoms with van der Waals surface area (Å²) in [5.74, 6) is -1.24. The minimum atomic E-state index is -0.646. The number of esters is 1. The van der Waals surface area contributed by atoms with Crippen molar-refractivity contribution in [3.8, 4) is 6.07 Å². The number of hydrogen-bond donors (Lipinski definition) is 0. The third-order valence-corrected chi connectivity index (χ3v) is 3.68. The Kier molecular flexibility index (Phi) is 8.98. The summed E-state index contributed by atoms with van der Waals surface area (Å²) in [5.41, 5.74) is 0.0566. The molecule has 136 valence electrons. The van der Waals surface area contributed by atoms with E-state index >= 15 is 0 Å². The monoisotopic (exact) mass is 338 g/mol. The summed E-state index contributed by atoms with van der Waals surface area (Å²) in [7, 11) is 0. The Hall–Kier alpha value is -1.42. The molecule has 24 heavy (non-hydrogen) atoms. The van der Waals surface area contributed by atoms with E-state index in [0.29, 0.717) is 13.0 Å². The van der Waals surface area contributed by atoms with Gasteiger partial charge in [0, 0.05) is 6.54 Å². The molecule has 6 heteroatoms. The van der Waals surface area contributed by atoms with Crippen molar-refractivity contribution in [2.24, 2.45) is 0 Å². The number of carbonyl (C=O) groups is 1. The van der Waals surface area contributed by atoms with E-state index in [4.69, 9.17) is 19.5 Å². The molecule has 1 fully saturated rings. The van der Waals surface area contributed by atoms with Gasteiger partial charge in [-0.15, -0.1) is 0 Å². The summed E-state index contributed by atoms with van der Waals surface area (Å²) >= 11 is 0. The summed E-state index contributed by atoms with van der Waals surface area (Å²) in [6.45, 7) is 11.3. The van der Waals surface area contributed by atoms with E-state index in [1.807, 2.05) is 19.9 Å². The number of ether oxygens (including phenoxy) is 3. The molecule has 0 bridgehead atoms. The highest BCUT2D eigenvalue weighted by Gasteiger charge is 2.33. The van der Waals surface area contributed by atoms with Crippen LogP contribution < -0.4 is 0 Å². The van der Waals surface area contributed by atoms with Crippen LogP contribution in [0.25, 0.3) is 0 Å². The summed E-state index contributed by atoms with van der Waals surface area (Å²) in [6.07, 6.45) is 4.23. The topological polar surface area (TPSA) is 71.8 Å². The lowest BCUT2D eigenvalue weighted by atomic mass is 10.2. The fourth-order valence-corrected chi connectivity index (χ4v) is 2.63. The Morgan fingerprint density at radius 1 is 1.33 bits per heavy atom. The molecule has 0 spiro atoms. The highest BCUT2D eigenvalue weighted by molar-refractivity contribution is 5.92. The van der Waals surface area contributed by atoms with Crippen molar-refractivity contribution >= 4 is 5.97 Å². The number of nitrogens with zero attached hydrogens (tertiary/aromatic N) is 2. The van der Waals surface area contributed by atoms with Gasteiger partial charge in [-0.25, -0.2) is 4.79 Å². The van der Waals surface area contributed by atoms with Crippen LogP contribution in [0.15, 0.2) is 11.6 Å². The van der Waals surface area contributed by atoms with E-state index in [0.717, 1.165) is 32.5 Å². The molecule has 0 N–H and O–H groups in total. The van der Waals surface area contributed by atoms with Crippen molar-refractivity contribution in [3.63, 3.8) is 0 Å². The van der Waals surface area contributed by atoms with Crippen LogP contribution in [0, 0.1) is 11.3 Å². The zero-order valence-electron chi connectivity index (χ0n) is 15.3. The predicted octanol–water partition coefficient (Wildman–Crippen LogP) is 2.64. The third kappa shape index (κ3) is 7.43. The molecule has 0 aromatic carbocycles. The zero-order valence-corrected chi connectivity index (χ0v) is 15.3. The third-order valence-electron chi connectivity index (χ3n) is 3.68. The van der Waals surface area contributed by atoms with Gasteiger partial charge < -0.3 is 19.1 Å². The molecule has 1 atom stereocenters. The average molecular weight is 338 g/mol. The first-order chi connectivity index (χ1) is 11.4. The Bertz CT molecular complexity index is 462. The maximum Gasteiger partial charge on any atom is 0.348 e. The number of hydrogen-bond acceptors (Lipinski definition) is 6. The second-order valence-corrected chi connectivity index (χ2v) is 6.41. The molecule has 0 amide bonds. The van der Waals surface area contributed by atoms with Crippen LogP contribution in [0.4, 0.5) is 0 Å². The van der Waals surface area contributed by atoms with Gasteiger partial charge in [0.15, 0.2) is 5.79 Å². The molecular weight excluding hydrogens is 308 g/mol. The Balaban J connectivity index is 2.41. The summed E-state index contributed by atoms with van der Waals surface area (Å²) in [6, 6.07) is 1.93. The Morgan fingerprint density at radius 2 is 2.00 bits per heavy atom. The summed E-state index contributed by atoms with van der Waals surface area (Å²) < 4.78 is 16.2. The van der Waals surface area contributed by atoms with Gasteiger partial charge in [-0.05, 0) is 46.2 Å². The van der Waals surface area contributed by atoms with E-state index in [1.54, 1.807) is 6.08 Å². The van der Waals surface area contributed by atoms with Crippen molar-refractivity contribution < 1.29 is 19.0 Å². The summed E-state index contributed by atoms with van der Waals surface area (Å²) in [4.78, 5) is 14.3. The molecule has 1 rings (SSSR count). The Labute approximate surface area is 145 Å². The van der Waals surface area contributed by atoms with Crippen molar-refractivity contribution in [1.29, 1.82) is 5.26 Å². The van der Waals surface area contributed by atoms with Gasteiger partial charge in [0.2, 0.25) is 0 Å². The maximum absolute atomic E-state index is 12.0. The predicted molar refractivity (Wildman–Crippen MR) is 91.2 cm³/mol. The number of carbonyl (C=O) groups excluding carboxylic acids is 1. The normalized spacial score (nSPS) is 20.2. The van der Waals surface area contributed by atoms with E-state index in [1.165, 1.54) is 0 Å². The lowest BCUT2D eigenvalue weighted by Gasteiger charge is -2.19. The molecule has 1 saturated heterocycles. The fourth-order valence-electron chi connectivity index (χ4n) is 2.63. The van der Waals surface area contributed by atoms with Crippen molar-refractivity contribution in [2.75, 3.05) is 32.8 Å². The minimum absolute atomic E-state index is 0.0566. The molecule has 0 radical (unpaired) electrons. The van der Waals surface area contributed by atoms with Gasteiger partial charge in [0.05, 0.1) is 6.61 Å². The molecule has 0 aliphatic carbocycles. The molecule has 1 aliphatic heterocycles. The molecular formula is C18H30N2O4. The smallest absolute Gasteiger partial charge is 0.348 e. The highest BCUT2D eigenvalue weighted by Crippen LogP contribution is 2.22. The Morgan fingerprint density at radius 3 is 2.50 bits per heavy atom. The second-order valence-electron chi connectivity index (χ2n) is 6.41. The summed E-state index contributed by atoms with van der Waals surface area (Å²) in [5, 5.41) is 9.15. The average Bonchev–Trinajstić information content (AvgIpc) is 2.89. The van der Waals surface area contributed by atoms with Crippen LogP contribution in [-0.2, 0) is 19.0 Å². The second kappa shape index (κ2) is 10.4. The maximum atomic E-state index is 12.0. The van der Waals surface area contributed by atoms with Crippen molar-refractivity contribution in [3.05, 3.63) is 11.6 Å². The van der Waals surface area contributed by atoms with Crippen LogP contribution in [0.2, 0.25) is 0 Å². The SMILES string of the molecule is CCCN(CCC)CC/C=C(\C#N)C(=O)OCC1COC(C)(C)O1. The van der Waals surface area contributed by atoms with E-state index in [9.17, 15) is 4.79 Å². The molecule has 0 saturated carbocycles. The van der Waals surface area contributed by atoms with E-state index < -0.39 is 11.8 Å². The first-order valence-corrected chi connectivity index (χ1v) is 8.73. The van der Waals surface area contributed by atoms with Gasteiger partial charge in [0.25, 0.3) is 0 Å². The molecule has 1 aliphatic rings. The van der Waals surface area contributed by atoms with Crippen LogP contribution in [-0.4, -0.2) is 55.6 Å². The quantitative estimate of drug-likeness (QED) is 0.346. The van der Waals surface area contributed by atoms with Gasteiger partial charge >= 0.3 is 5.97 Å². The lowest BCUT2D eigenvalue weighted by Crippen LogP contribution is -2.26. The fraction of sp³-hybridized carbons (Fsp3) is 0.778. The van der Waals surface area contributed by atoms with Gasteiger partial charge in [-0.1, -0.05) is 19.9 Å². The molecule has 6 nitrogen and oxygen atoms in total. The first-order valence-electron chi connectivity index (χ1n) is 8.73. The molecule has 0 aromatic heterocycles. The first kappa shape index (κ1) is 20.6.